The second kappa shape index (κ2) is 8.06. The average Bonchev–Trinajstić information content (AvgIpc) is 3.14. The van der Waals surface area contributed by atoms with E-state index in [9.17, 15) is 14.7 Å². The highest BCUT2D eigenvalue weighted by molar-refractivity contribution is 5.85. The van der Waals surface area contributed by atoms with Gasteiger partial charge in [-0.25, -0.2) is 0 Å². The summed E-state index contributed by atoms with van der Waals surface area (Å²) in [5.74, 6) is -0.153. The number of aryl methyl sites for hydroxylation is 1. The first-order valence-corrected chi connectivity index (χ1v) is 10.3. The summed E-state index contributed by atoms with van der Waals surface area (Å²) in [5, 5.41) is 13.6. The van der Waals surface area contributed by atoms with Gasteiger partial charge in [-0.05, 0) is 24.8 Å². The first-order valence-electron chi connectivity index (χ1n) is 10.3. The lowest BCUT2D eigenvalue weighted by Gasteiger charge is -2.44. The molecule has 3 atom stereocenters. The fourth-order valence-electron chi connectivity index (χ4n) is 4.50. The van der Waals surface area contributed by atoms with Gasteiger partial charge >= 0.3 is 5.97 Å². The van der Waals surface area contributed by atoms with Crippen LogP contribution < -0.4 is 0 Å². The van der Waals surface area contributed by atoms with Gasteiger partial charge < -0.3 is 9.63 Å². The van der Waals surface area contributed by atoms with E-state index in [1.807, 2.05) is 37.3 Å². The van der Waals surface area contributed by atoms with Crippen LogP contribution in [0.3, 0.4) is 0 Å². The molecule has 0 amide bonds. The zero-order valence-corrected chi connectivity index (χ0v) is 16.7. The van der Waals surface area contributed by atoms with Crippen molar-refractivity contribution >= 4 is 11.8 Å². The van der Waals surface area contributed by atoms with Crippen LogP contribution in [0.25, 0.3) is 0 Å². The Hall–Kier alpha value is -2.54. The van der Waals surface area contributed by atoms with E-state index in [2.05, 4.69) is 15.0 Å². The summed E-state index contributed by atoms with van der Waals surface area (Å²) in [4.78, 5) is 30.5. The van der Waals surface area contributed by atoms with Crippen molar-refractivity contribution in [3.05, 3.63) is 47.6 Å². The third-order valence-electron chi connectivity index (χ3n) is 6.45. The normalized spacial score (nSPS) is 27.6. The first-order chi connectivity index (χ1) is 14.0. The molecule has 2 fully saturated rings. The van der Waals surface area contributed by atoms with Gasteiger partial charge in [0.15, 0.2) is 5.82 Å². The van der Waals surface area contributed by atoms with Crippen molar-refractivity contribution in [2.24, 2.45) is 11.3 Å². The summed E-state index contributed by atoms with van der Waals surface area (Å²) in [6.45, 7) is 3.14. The minimum Gasteiger partial charge on any atom is -0.481 e. The molecule has 0 radical (unpaired) electrons. The highest BCUT2D eigenvalue weighted by Gasteiger charge is 2.47. The maximum Gasteiger partial charge on any atom is 0.309 e. The Balaban J connectivity index is 1.44. The Kier molecular flexibility index (Phi) is 5.50. The van der Waals surface area contributed by atoms with Crippen LogP contribution in [0.5, 0.6) is 0 Å². The second-order valence-corrected chi connectivity index (χ2v) is 8.54. The van der Waals surface area contributed by atoms with Crippen LogP contribution in [0.1, 0.15) is 62.3 Å². The number of carboxylic acid groups (broad SMARTS) is 1. The third-order valence-corrected chi connectivity index (χ3v) is 6.45. The topological polar surface area (TPSA) is 96.5 Å². The fourth-order valence-corrected chi connectivity index (χ4v) is 4.50. The number of Topliss-reactive ketones (excluding diaryl/α,β-unsaturated/α-hetero) is 1. The van der Waals surface area contributed by atoms with Crippen molar-refractivity contribution in [1.29, 1.82) is 0 Å². The van der Waals surface area contributed by atoms with Crippen molar-refractivity contribution in [1.82, 2.24) is 15.0 Å². The van der Waals surface area contributed by atoms with Crippen LogP contribution in [0.2, 0.25) is 0 Å². The number of likely N-dealkylation sites (tertiary alicyclic amines) is 1. The van der Waals surface area contributed by atoms with Gasteiger partial charge in [-0.1, -0.05) is 48.8 Å². The predicted molar refractivity (Wildman–Crippen MR) is 105 cm³/mol. The highest BCUT2D eigenvalue weighted by atomic mass is 16.5. The molecular formula is C22H27N3O4. The lowest BCUT2D eigenvalue weighted by Crippen LogP contribution is -2.52. The number of nitrogens with zero attached hydrogens (tertiary/aromatic N) is 3. The van der Waals surface area contributed by atoms with E-state index in [0.29, 0.717) is 49.9 Å². The van der Waals surface area contributed by atoms with Crippen LogP contribution >= 0.6 is 0 Å². The van der Waals surface area contributed by atoms with E-state index in [-0.39, 0.29) is 5.41 Å². The Bertz CT molecular complexity index is 881. The highest BCUT2D eigenvalue weighted by Crippen LogP contribution is 2.40. The molecular weight excluding hydrogens is 370 g/mol. The fraction of sp³-hybridized carbons (Fsp3) is 0.545. The van der Waals surface area contributed by atoms with Crippen LogP contribution in [-0.2, 0) is 22.6 Å². The molecule has 2 unspecified atom stereocenters. The standard InChI is InChI=1S/C22H27N3O4/c1-22(11-6-5-9-17(22)26)12-10-18-23-20(24-29-18)19-16(21(27)28)14-25(19)13-15-7-3-2-4-8-15/h2-4,7-8,16,19H,5-6,9-14H2,1H3,(H,27,28)/t16?,19?,22-/m1/s1. The molecule has 1 aliphatic heterocycles. The minimum atomic E-state index is -0.842. The SMILES string of the molecule is C[C@]1(CCc2nc(C3C(C(=O)O)CN3Cc3ccccc3)no2)CCCCC1=O. The zero-order chi connectivity index (χ0) is 20.4. The van der Waals surface area contributed by atoms with Gasteiger partial charge in [0.1, 0.15) is 5.78 Å². The third kappa shape index (κ3) is 4.10. The van der Waals surface area contributed by atoms with Gasteiger partial charge in [-0.3, -0.25) is 14.5 Å². The first kappa shape index (κ1) is 19.8. The summed E-state index contributed by atoms with van der Waals surface area (Å²) in [5.41, 5.74) is 0.806. The number of aromatic nitrogens is 2. The van der Waals surface area contributed by atoms with Crippen LogP contribution in [0.4, 0.5) is 0 Å². The van der Waals surface area contributed by atoms with E-state index >= 15 is 0 Å². The molecule has 2 heterocycles. The Morgan fingerprint density at radius 1 is 1.31 bits per heavy atom. The van der Waals surface area contributed by atoms with Gasteiger partial charge in [0.25, 0.3) is 0 Å². The molecule has 0 spiro atoms. The lowest BCUT2D eigenvalue weighted by atomic mass is 9.72. The molecule has 1 saturated carbocycles. The van der Waals surface area contributed by atoms with Gasteiger partial charge in [-0.2, -0.15) is 4.98 Å². The molecule has 7 heteroatoms. The summed E-state index contributed by atoms with van der Waals surface area (Å²) >= 11 is 0. The maximum atomic E-state index is 12.3. The summed E-state index contributed by atoms with van der Waals surface area (Å²) in [7, 11) is 0. The number of rotatable bonds is 7. The smallest absolute Gasteiger partial charge is 0.309 e. The Morgan fingerprint density at radius 2 is 2.10 bits per heavy atom. The van der Waals surface area contributed by atoms with Gasteiger partial charge in [0, 0.05) is 31.3 Å². The molecule has 1 aromatic heterocycles. The average molecular weight is 397 g/mol. The quantitative estimate of drug-likeness (QED) is 0.765. The van der Waals surface area contributed by atoms with E-state index in [1.165, 1.54) is 0 Å². The number of carbonyl (C=O) groups is 2. The molecule has 1 aromatic carbocycles. The number of hydrogen-bond donors (Lipinski definition) is 1. The number of carboxylic acids is 1. The molecule has 154 valence electrons. The molecule has 4 rings (SSSR count). The predicted octanol–water partition coefficient (Wildman–Crippen LogP) is 3.41. The van der Waals surface area contributed by atoms with Crippen LogP contribution in [0.15, 0.2) is 34.9 Å². The Labute approximate surface area is 170 Å². The van der Waals surface area contributed by atoms with Crippen molar-refractivity contribution in [2.45, 2.75) is 58.0 Å². The monoisotopic (exact) mass is 397 g/mol. The number of ketones is 1. The van der Waals surface area contributed by atoms with Crippen molar-refractivity contribution in [3.63, 3.8) is 0 Å². The maximum absolute atomic E-state index is 12.3. The number of hydrogen-bond acceptors (Lipinski definition) is 6. The largest absolute Gasteiger partial charge is 0.481 e. The van der Waals surface area contributed by atoms with Crippen LogP contribution in [-0.4, -0.2) is 38.4 Å². The van der Waals surface area contributed by atoms with Crippen molar-refractivity contribution in [2.75, 3.05) is 6.54 Å². The molecule has 1 N–H and O–H groups in total. The van der Waals surface area contributed by atoms with Gasteiger partial charge in [-0.15, -0.1) is 0 Å². The van der Waals surface area contributed by atoms with E-state index < -0.39 is 17.9 Å². The molecule has 1 saturated heterocycles. The van der Waals surface area contributed by atoms with Gasteiger partial charge in [0.05, 0.1) is 12.0 Å². The number of aliphatic carboxylic acids is 1. The minimum absolute atomic E-state index is 0.313. The summed E-state index contributed by atoms with van der Waals surface area (Å²) in [6, 6.07) is 9.55. The van der Waals surface area contributed by atoms with Crippen LogP contribution in [0, 0.1) is 11.3 Å². The molecule has 2 aliphatic rings. The summed E-state index contributed by atoms with van der Waals surface area (Å²) in [6.07, 6.45) is 4.85. The molecule has 1 aliphatic carbocycles. The van der Waals surface area contributed by atoms with E-state index in [1.54, 1.807) is 0 Å². The second-order valence-electron chi connectivity index (χ2n) is 8.54. The van der Waals surface area contributed by atoms with Gasteiger partial charge in [0.2, 0.25) is 5.89 Å². The molecule has 7 nitrogen and oxygen atoms in total. The van der Waals surface area contributed by atoms with Crippen molar-refractivity contribution in [3.8, 4) is 0 Å². The van der Waals surface area contributed by atoms with Crippen molar-refractivity contribution < 1.29 is 19.2 Å². The molecule has 0 bridgehead atoms. The molecule has 29 heavy (non-hydrogen) atoms. The zero-order valence-electron chi connectivity index (χ0n) is 16.7. The van der Waals surface area contributed by atoms with E-state index in [4.69, 9.17) is 4.52 Å². The summed E-state index contributed by atoms with van der Waals surface area (Å²) < 4.78 is 5.43. The lowest BCUT2D eigenvalue weighted by molar-refractivity contribution is -0.154. The molecule has 2 aromatic rings. The van der Waals surface area contributed by atoms with E-state index in [0.717, 1.165) is 24.8 Å². The number of benzene rings is 1. The Morgan fingerprint density at radius 3 is 2.83 bits per heavy atom. The number of carbonyl (C=O) groups excluding carboxylic acids is 1.